The van der Waals surface area contributed by atoms with Gasteiger partial charge in [0.2, 0.25) is 5.91 Å². The fraction of sp³-hybridized carbons (Fsp3) is 0.480. The minimum absolute atomic E-state index is 0.131. The Hall–Kier alpha value is -2.65. The van der Waals surface area contributed by atoms with Crippen LogP contribution >= 0.6 is 0 Å². The van der Waals surface area contributed by atoms with Crippen LogP contribution in [0, 0.1) is 11.7 Å². The van der Waals surface area contributed by atoms with E-state index in [-0.39, 0.29) is 30.0 Å². The largest absolute Gasteiger partial charge is 0.489 e. The fourth-order valence-electron chi connectivity index (χ4n) is 5.32. The molecule has 0 aromatic heterocycles. The standard InChI is InChI=1S/C25H28F4N2O3/c1-16(17-4-2-6-19(26)12-17)22-15-33-11-9-24(22,23(30)32)31-10-8-21(14-31)34-20-7-3-5-18(13-20)25(27,28)29/h2-7,12-13,16,21-22H,8-11,14-15H2,1H3,(H2,30,32)/t16-,21-,22?,24?/m1/s1. The van der Waals surface area contributed by atoms with Gasteiger partial charge in [-0.25, -0.2) is 4.39 Å². The van der Waals surface area contributed by atoms with Crippen LogP contribution in [0.25, 0.3) is 0 Å². The quantitative estimate of drug-likeness (QED) is 0.624. The third-order valence-corrected chi connectivity index (χ3v) is 7.12. The second-order valence-corrected chi connectivity index (χ2v) is 9.06. The lowest BCUT2D eigenvalue weighted by Crippen LogP contribution is -2.65. The summed E-state index contributed by atoms with van der Waals surface area (Å²) in [6.07, 6.45) is -3.94. The van der Waals surface area contributed by atoms with E-state index in [1.165, 1.54) is 24.3 Å². The second kappa shape index (κ2) is 9.54. The molecule has 2 aromatic carbocycles. The van der Waals surface area contributed by atoms with Crippen LogP contribution in [0.1, 0.15) is 36.8 Å². The van der Waals surface area contributed by atoms with Crippen molar-refractivity contribution < 1.29 is 31.8 Å². The summed E-state index contributed by atoms with van der Waals surface area (Å²) >= 11 is 0. The lowest BCUT2D eigenvalue weighted by molar-refractivity contribution is -0.146. The predicted molar refractivity (Wildman–Crippen MR) is 118 cm³/mol. The van der Waals surface area contributed by atoms with Gasteiger partial charge in [0, 0.05) is 25.6 Å². The first kappa shape index (κ1) is 24.5. The van der Waals surface area contributed by atoms with Crippen molar-refractivity contribution in [2.75, 3.05) is 26.3 Å². The Labute approximate surface area is 195 Å². The molecule has 2 heterocycles. The molecule has 2 fully saturated rings. The van der Waals surface area contributed by atoms with Crippen LogP contribution in [0.4, 0.5) is 17.6 Å². The number of likely N-dealkylation sites (tertiary alicyclic amines) is 1. The molecule has 2 N–H and O–H groups in total. The van der Waals surface area contributed by atoms with E-state index in [0.717, 1.165) is 17.7 Å². The number of hydrogen-bond donors (Lipinski definition) is 1. The van der Waals surface area contributed by atoms with Crippen LogP contribution in [-0.4, -0.2) is 48.8 Å². The molecule has 2 unspecified atom stereocenters. The molecule has 0 aliphatic carbocycles. The van der Waals surface area contributed by atoms with Gasteiger partial charge in [-0.15, -0.1) is 0 Å². The zero-order chi connectivity index (χ0) is 24.5. The maximum Gasteiger partial charge on any atom is 0.416 e. The van der Waals surface area contributed by atoms with Gasteiger partial charge in [0.25, 0.3) is 0 Å². The molecule has 2 saturated heterocycles. The second-order valence-electron chi connectivity index (χ2n) is 9.06. The van der Waals surface area contributed by atoms with Crippen molar-refractivity contribution in [2.45, 2.75) is 43.5 Å². The topological polar surface area (TPSA) is 64.8 Å². The lowest BCUT2D eigenvalue weighted by Gasteiger charge is -2.49. The summed E-state index contributed by atoms with van der Waals surface area (Å²) < 4.78 is 64.7. The monoisotopic (exact) mass is 480 g/mol. The Balaban J connectivity index is 1.56. The van der Waals surface area contributed by atoms with Gasteiger partial charge < -0.3 is 15.2 Å². The van der Waals surface area contributed by atoms with E-state index < -0.39 is 29.3 Å². The molecule has 0 bridgehead atoms. The molecule has 2 aliphatic rings. The molecule has 184 valence electrons. The van der Waals surface area contributed by atoms with E-state index in [2.05, 4.69) is 0 Å². The Kier molecular flexibility index (Phi) is 6.87. The van der Waals surface area contributed by atoms with Crippen LogP contribution in [-0.2, 0) is 15.7 Å². The highest BCUT2D eigenvalue weighted by atomic mass is 19.4. The smallest absolute Gasteiger partial charge is 0.416 e. The zero-order valence-electron chi connectivity index (χ0n) is 18.9. The first-order chi connectivity index (χ1) is 16.1. The zero-order valence-corrected chi connectivity index (χ0v) is 18.9. The number of amides is 1. The van der Waals surface area contributed by atoms with Crippen molar-refractivity contribution in [3.05, 3.63) is 65.5 Å². The van der Waals surface area contributed by atoms with Crippen molar-refractivity contribution in [1.82, 2.24) is 4.90 Å². The molecule has 2 aromatic rings. The highest BCUT2D eigenvalue weighted by Crippen LogP contribution is 2.43. The summed E-state index contributed by atoms with van der Waals surface area (Å²) in [6.45, 7) is 3.41. The Morgan fingerprint density at radius 1 is 1.24 bits per heavy atom. The summed E-state index contributed by atoms with van der Waals surface area (Å²) in [5.74, 6) is -1.25. The fourth-order valence-corrected chi connectivity index (χ4v) is 5.32. The predicted octanol–water partition coefficient (Wildman–Crippen LogP) is 4.36. The van der Waals surface area contributed by atoms with Crippen LogP contribution in [0.3, 0.4) is 0 Å². The normalized spacial score (nSPS) is 26.9. The number of alkyl halides is 3. The van der Waals surface area contributed by atoms with Gasteiger partial charge >= 0.3 is 6.18 Å². The van der Waals surface area contributed by atoms with Crippen LogP contribution in [0.5, 0.6) is 5.75 Å². The molecule has 34 heavy (non-hydrogen) atoms. The average molecular weight is 481 g/mol. The minimum atomic E-state index is -4.46. The molecular weight excluding hydrogens is 452 g/mol. The molecule has 9 heteroatoms. The maximum atomic E-state index is 13.9. The molecule has 0 saturated carbocycles. The summed E-state index contributed by atoms with van der Waals surface area (Å²) in [4.78, 5) is 15.0. The van der Waals surface area contributed by atoms with Gasteiger partial charge in [-0.1, -0.05) is 25.1 Å². The van der Waals surface area contributed by atoms with Gasteiger partial charge in [0.05, 0.1) is 12.2 Å². The molecule has 4 atom stereocenters. The van der Waals surface area contributed by atoms with E-state index in [0.29, 0.717) is 32.5 Å². The van der Waals surface area contributed by atoms with Crippen molar-refractivity contribution in [2.24, 2.45) is 11.7 Å². The van der Waals surface area contributed by atoms with E-state index in [4.69, 9.17) is 15.2 Å². The molecule has 4 rings (SSSR count). The maximum absolute atomic E-state index is 13.9. The number of hydrogen-bond acceptors (Lipinski definition) is 4. The number of rotatable bonds is 6. The Bertz CT molecular complexity index is 1030. The summed E-state index contributed by atoms with van der Waals surface area (Å²) in [6, 6.07) is 11.0. The van der Waals surface area contributed by atoms with Crippen molar-refractivity contribution in [1.29, 1.82) is 0 Å². The molecule has 0 radical (unpaired) electrons. The highest BCUT2D eigenvalue weighted by molar-refractivity contribution is 5.85. The van der Waals surface area contributed by atoms with E-state index in [9.17, 15) is 22.4 Å². The van der Waals surface area contributed by atoms with Crippen LogP contribution in [0.2, 0.25) is 0 Å². The number of primary amides is 1. The number of ether oxygens (including phenoxy) is 2. The first-order valence-corrected chi connectivity index (χ1v) is 11.3. The summed E-state index contributed by atoms with van der Waals surface area (Å²) in [5.41, 5.74) is 4.95. The lowest BCUT2D eigenvalue weighted by atomic mass is 9.70. The molecule has 0 spiro atoms. The number of nitrogens with zero attached hydrogens (tertiary/aromatic N) is 1. The van der Waals surface area contributed by atoms with E-state index in [1.807, 2.05) is 17.9 Å². The molecule has 1 amide bonds. The number of carbonyl (C=O) groups is 1. The Morgan fingerprint density at radius 2 is 2.00 bits per heavy atom. The summed E-state index contributed by atoms with van der Waals surface area (Å²) in [7, 11) is 0. The van der Waals surface area contributed by atoms with Crippen molar-refractivity contribution >= 4 is 5.91 Å². The third-order valence-electron chi connectivity index (χ3n) is 7.12. The van der Waals surface area contributed by atoms with Crippen LogP contribution in [0.15, 0.2) is 48.5 Å². The molecule has 5 nitrogen and oxygen atoms in total. The van der Waals surface area contributed by atoms with Crippen molar-refractivity contribution in [3.8, 4) is 5.75 Å². The number of carbonyl (C=O) groups excluding carboxylic acids is 1. The molecule has 2 aliphatic heterocycles. The number of halogens is 4. The summed E-state index contributed by atoms with van der Waals surface area (Å²) in [5, 5.41) is 0. The van der Waals surface area contributed by atoms with Gasteiger partial charge in [0.1, 0.15) is 23.2 Å². The van der Waals surface area contributed by atoms with E-state index >= 15 is 0 Å². The number of benzene rings is 2. The van der Waals surface area contributed by atoms with Gasteiger partial charge in [-0.3, -0.25) is 9.69 Å². The van der Waals surface area contributed by atoms with Gasteiger partial charge in [-0.2, -0.15) is 13.2 Å². The highest BCUT2D eigenvalue weighted by Gasteiger charge is 2.54. The molecular formula is C25H28F4N2O3. The first-order valence-electron chi connectivity index (χ1n) is 11.3. The van der Waals surface area contributed by atoms with E-state index in [1.54, 1.807) is 6.07 Å². The van der Waals surface area contributed by atoms with Crippen LogP contribution < -0.4 is 10.5 Å². The third kappa shape index (κ3) is 4.77. The number of nitrogens with two attached hydrogens (primary N) is 1. The average Bonchev–Trinajstić information content (AvgIpc) is 3.26. The van der Waals surface area contributed by atoms with Gasteiger partial charge in [-0.05, 0) is 54.7 Å². The Morgan fingerprint density at radius 3 is 2.71 bits per heavy atom. The van der Waals surface area contributed by atoms with Gasteiger partial charge in [0.15, 0.2) is 0 Å². The van der Waals surface area contributed by atoms with Crippen molar-refractivity contribution in [3.63, 3.8) is 0 Å². The SMILES string of the molecule is C[C@H](c1cccc(F)c1)C1COCCC1(C(N)=O)N1CC[C@@H](Oc2cccc(C(F)(F)F)c2)C1. The minimum Gasteiger partial charge on any atom is -0.489 e.